The molecule has 0 atom stereocenters. The molecule has 0 aliphatic rings. The Morgan fingerprint density at radius 2 is 2.22 bits per heavy atom. The Kier molecular flexibility index (Phi) is 2.52. The van der Waals surface area contributed by atoms with Crippen molar-refractivity contribution in [3.05, 3.63) is 35.4 Å². The standard InChI is InChI=1S/C10H5ClFN5O/c11-7-5(2-1-3-6(7)12)10-15-9(17-18-10)8-13-4-14-16-8/h1-4H,(H,13,14,16). The Morgan fingerprint density at radius 1 is 1.33 bits per heavy atom. The molecule has 1 aromatic carbocycles. The third-order valence-electron chi connectivity index (χ3n) is 2.23. The molecular weight excluding hydrogens is 261 g/mol. The van der Waals surface area contributed by atoms with E-state index >= 15 is 0 Å². The second kappa shape index (κ2) is 4.19. The van der Waals surface area contributed by atoms with Crippen molar-refractivity contribution < 1.29 is 8.91 Å². The summed E-state index contributed by atoms with van der Waals surface area (Å²) in [4.78, 5) is 7.94. The van der Waals surface area contributed by atoms with Crippen LogP contribution in [0.25, 0.3) is 23.1 Å². The van der Waals surface area contributed by atoms with Gasteiger partial charge in [0.15, 0.2) is 5.82 Å². The minimum Gasteiger partial charge on any atom is -0.333 e. The minimum atomic E-state index is -0.548. The summed E-state index contributed by atoms with van der Waals surface area (Å²) >= 11 is 5.82. The van der Waals surface area contributed by atoms with Crippen molar-refractivity contribution >= 4 is 11.6 Å². The normalized spacial score (nSPS) is 10.8. The van der Waals surface area contributed by atoms with Gasteiger partial charge in [0.05, 0.1) is 10.6 Å². The van der Waals surface area contributed by atoms with Crippen LogP contribution in [0.4, 0.5) is 4.39 Å². The zero-order valence-corrected chi connectivity index (χ0v) is 9.52. The van der Waals surface area contributed by atoms with Crippen molar-refractivity contribution in [2.24, 2.45) is 0 Å². The van der Waals surface area contributed by atoms with Gasteiger partial charge in [-0.2, -0.15) is 10.1 Å². The van der Waals surface area contributed by atoms with E-state index in [9.17, 15) is 4.39 Å². The highest BCUT2D eigenvalue weighted by Gasteiger charge is 2.16. The Balaban J connectivity index is 2.06. The monoisotopic (exact) mass is 265 g/mol. The number of aromatic nitrogens is 5. The molecule has 0 saturated heterocycles. The molecule has 2 heterocycles. The summed E-state index contributed by atoms with van der Waals surface area (Å²) in [6.07, 6.45) is 1.32. The first-order valence-corrected chi connectivity index (χ1v) is 5.27. The van der Waals surface area contributed by atoms with E-state index in [2.05, 4.69) is 25.3 Å². The summed E-state index contributed by atoms with van der Waals surface area (Å²) in [5.41, 5.74) is 0.329. The van der Waals surface area contributed by atoms with E-state index < -0.39 is 5.82 Å². The molecule has 0 unspecified atom stereocenters. The summed E-state index contributed by atoms with van der Waals surface area (Å²) in [5.74, 6) is 0.153. The molecular formula is C10H5ClFN5O. The maximum absolute atomic E-state index is 13.3. The lowest BCUT2D eigenvalue weighted by Gasteiger charge is -1.98. The van der Waals surface area contributed by atoms with E-state index in [1.54, 1.807) is 6.07 Å². The zero-order chi connectivity index (χ0) is 12.5. The van der Waals surface area contributed by atoms with Gasteiger partial charge in [0.1, 0.15) is 12.1 Å². The van der Waals surface area contributed by atoms with Gasteiger partial charge in [0.25, 0.3) is 5.89 Å². The maximum atomic E-state index is 13.3. The lowest BCUT2D eigenvalue weighted by molar-refractivity contribution is 0.431. The molecule has 0 aliphatic heterocycles. The largest absolute Gasteiger partial charge is 0.333 e. The van der Waals surface area contributed by atoms with Gasteiger partial charge in [-0.25, -0.2) is 9.37 Å². The number of halogens is 2. The van der Waals surface area contributed by atoms with Gasteiger partial charge in [-0.05, 0) is 12.1 Å². The molecule has 0 saturated carbocycles. The van der Waals surface area contributed by atoms with Crippen LogP contribution >= 0.6 is 11.6 Å². The Bertz CT molecular complexity index is 681. The van der Waals surface area contributed by atoms with Crippen molar-refractivity contribution in [1.82, 2.24) is 25.3 Å². The van der Waals surface area contributed by atoms with Crippen LogP contribution in [0.5, 0.6) is 0 Å². The van der Waals surface area contributed by atoms with Crippen molar-refractivity contribution in [3.63, 3.8) is 0 Å². The molecule has 0 amide bonds. The van der Waals surface area contributed by atoms with E-state index in [4.69, 9.17) is 16.1 Å². The number of benzene rings is 1. The summed E-state index contributed by atoms with van der Waals surface area (Å²) in [5, 5.41) is 9.90. The molecule has 0 fully saturated rings. The number of hydrogen-bond acceptors (Lipinski definition) is 5. The third-order valence-corrected chi connectivity index (χ3v) is 2.62. The van der Waals surface area contributed by atoms with Gasteiger partial charge in [-0.1, -0.05) is 22.8 Å². The van der Waals surface area contributed by atoms with E-state index in [-0.39, 0.29) is 16.7 Å². The smallest absolute Gasteiger partial charge is 0.259 e. The van der Waals surface area contributed by atoms with E-state index in [0.717, 1.165) is 0 Å². The van der Waals surface area contributed by atoms with Crippen molar-refractivity contribution in [1.29, 1.82) is 0 Å². The lowest BCUT2D eigenvalue weighted by Crippen LogP contribution is -1.85. The lowest BCUT2D eigenvalue weighted by atomic mass is 10.2. The summed E-state index contributed by atoms with van der Waals surface area (Å²) in [7, 11) is 0. The summed E-state index contributed by atoms with van der Waals surface area (Å²) in [6, 6.07) is 4.34. The van der Waals surface area contributed by atoms with Gasteiger partial charge >= 0.3 is 0 Å². The van der Waals surface area contributed by atoms with Crippen LogP contribution in [0.15, 0.2) is 29.0 Å². The highest BCUT2D eigenvalue weighted by Crippen LogP contribution is 2.29. The van der Waals surface area contributed by atoms with Crippen LogP contribution in [0, 0.1) is 5.82 Å². The molecule has 0 radical (unpaired) electrons. The summed E-state index contributed by atoms with van der Waals surface area (Å²) in [6.45, 7) is 0. The molecule has 0 aliphatic carbocycles. The van der Waals surface area contributed by atoms with Crippen LogP contribution in [0.3, 0.4) is 0 Å². The number of hydrogen-bond donors (Lipinski definition) is 1. The first kappa shape index (κ1) is 10.8. The van der Waals surface area contributed by atoms with Gasteiger partial charge in [-0.15, -0.1) is 0 Å². The molecule has 1 N–H and O–H groups in total. The highest BCUT2D eigenvalue weighted by molar-refractivity contribution is 6.33. The number of nitrogens with zero attached hydrogens (tertiary/aromatic N) is 4. The fourth-order valence-corrected chi connectivity index (χ4v) is 1.62. The topological polar surface area (TPSA) is 80.5 Å². The third kappa shape index (κ3) is 1.74. The first-order chi connectivity index (χ1) is 8.75. The molecule has 8 heteroatoms. The van der Waals surface area contributed by atoms with Crippen molar-refractivity contribution in [3.8, 4) is 23.1 Å². The Hall–Kier alpha value is -2.28. The highest BCUT2D eigenvalue weighted by atomic mass is 35.5. The molecule has 18 heavy (non-hydrogen) atoms. The number of H-pyrrole nitrogens is 1. The molecule has 0 spiro atoms. The molecule has 3 rings (SSSR count). The first-order valence-electron chi connectivity index (χ1n) is 4.89. The number of aromatic amines is 1. The van der Waals surface area contributed by atoms with Crippen molar-refractivity contribution in [2.75, 3.05) is 0 Å². The number of rotatable bonds is 2. The van der Waals surface area contributed by atoms with Gasteiger partial charge in [0, 0.05) is 0 Å². The average molecular weight is 266 g/mol. The Labute approximate surface area is 105 Å². The van der Waals surface area contributed by atoms with E-state index in [1.165, 1.54) is 18.5 Å². The second-order valence-corrected chi connectivity index (χ2v) is 3.74. The number of nitrogens with one attached hydrogen (secondary N) is 1. The molecule has 90 valence electrons. The predicted octanol–water partition coefficient (Wildman–Crippen LogP) is 2.31. The average Bonchev–Trinajstić information content (AvgIpc) is 3.01. The summed E-state index contributed by atoms with van der Waals surface area (Å²) < 4.78 is 18.3. The molecule has 3 aromatic rings. The minimum absolute atomic E-state index is 0.0646. The maximum Gasteiger partial charge on any atom is 0.259 e. The molecule has 0 bridgehead atoms. The fourth-order valence-electron chi connectivity index (χ4n) is 1.41. The van der Waals surface area contributed by atoms with Crippen LogP contribution in [0.2, 0.25) is 5.02 Å². The van der Waals surface area contributed by atoms with Gasteiger partial charge in [0.2, 0.25) is 5.82 Å². The molecule has 2 aromatic heterocycles. The van der Waals surface area contributed by atoms with Gasteiger partial charge in [-0.3, -0.25) is 5.10 Å². The second-order valence-electron chi connectivity index (χ2n) is 3.36. The van der Waals surface area contributed by atoms with Crippen LogP contribution in [-0.4, -0.2) is 25.3 Å². The van der Waals surface area contributed by atoms with E-state index in [1.807, 2.05) is 0 Å². The van der Waals surface area contributed by atoms with Crippen LogP contribution < -0.4 is 0 Å². The SMILES string of the molecule is Fc1cccc(-c2nc(-c3ncn[nH]3)no2)c1Cl. The molecule has 6 nitrogen and oxygen atoms in total. The Morgan fingerprint density at radius 3 is 3.00 bits per heavy atom. The fraction of sp³-hybridized carbons (Fsp3) is 0. The zero-order valence-electron chi connectivity index (χ0n) is 8.76. The predicted molar refractivity (Wildman–Crippen MR) is 60.1 cm³/mol. The van der Waals surface area contributed by atoms with Crippen molar-refractivity contribution in [2.45, 2.75) is 0 Å². The quantitative estimate of drug-likeness (QED) is 0.769. The van der Waals surface area contributed by atoms with Crippen LogP contribution in [0.1, 0.15) is 0 Å². The van der Waals surface area contributed by atoms with Crippen LogP contribution in [-0.2, 0) is 0 Å². The van der Waals surface area contributed by atoms with E-state index in [0.29, 0.717) is 11.4 Å². The van der Waals surface area contributed by atoms with Gasteiger partial charge < -0.3 is 4.52 Å².